The van der Waals surface area contributed by atoms with Gasteiger partial charge in [-0.15, -0.1) is 0 Å². The molecule has 0 aliphatic carbocycles. The smallest absolute Gasteiger partial charge is 0.340 e. The summed E-state index contributed by atoms with van der Waals surface area (Å²) in [6.45, 7) is 1.48. The Balaban J connectivity index is 1.72. The summed E-state index contributed by atoms with van der Waals surface area (Å²) in [5.41, 5.74) is 3.00. The van der Waals surface area contributed by atoms with Crippen LogP contribution in [0.3, 0.4) is 0 Å². The maximum atomic E-state index is 14.4. The van der Waals surface area contributed by atoms with Gasteiger partial charge in [0.25, 0.3) is 5.56 Å². The number of cyclic esters (lactones) is 1. The SMILES string of the molecule is Cc1cc2c(CNS(=O)CCO)c3c(nc2cc1F)-c1cc2c(c(=O)n1C3)COC(=O)C2O. The lowest BCUT2D eigenvalue weighted by Gasteiger charge is -2.21. The Hall–Kier alpha value is -2.99. The first-order chi connectivity index (χ1) is 15.8. The number of fused-ring (bicyclic) bond motifs is 5. The van der Waals surface area contributed by atoms with Gasteiger partial charge < -0.3 is 19.5 Å². The molecule has 33 heavy (non-hydrogen) atoms. The highest BCUT2D eigenvalue weighted by molar-refractivity contribution is 7.83. The normalized spacial score (nSPS) is 17.5. The van der Waals surface area contributed by atoms with Crippen LogP contribution in [0.5, 0.6) is 0 Å². The van der Waals surface area contributed by atoms with Gasteiger partial charge in [-0.25, -0.2) is 23.1 Å². The highest BCUT2D eigenvalue weighted by atomic mass is 32.2. The third-order valence-electron chi connectivity index (χ3n) is 6.04. The van der Waals surface area contributed by atoms with Crippen LogP contribution < -0.4 is 10.3 Å². The molecule has 5 rings (SSSR count). The summed E-state index contributed by atoms with van der Waals surface area (Å²) in [5, 5.41) is 20.0. The number of nitrogens with one attached hydrogen (secondary N) is 1. The highest BCUT2D eigenvalue weighted by Crippen LogP contribution is 2.38. The van der Waals surface area contributed by atoms with Gasteiger partial charge in [0.1, 0.15) is 12.4 Å². The predicted octanol–water partition coefficient (Wildman–Crippen LogP) is 0.709. The van der Waals surface area contributed by atoms with Gasteiger partial charge in [-0.2, -0.15) is 0 Å². The summed E-state index contributed by atoms with van der Waals surface area (Å²) < 4.78 is 35.7. The first-order valence-corrected chi connectivity index (χ1v) is 11.6. The van der Waals surface area contributed by atoms with Crippen LogP contribution in [0.15, 0.2) is 23.0 Å². The summed E-state index contributed by atoms with van der Waals surface area (Å²) >= 11 is 0. The van der Waals surface area contributed by atoms with Gasteiger partial charge in [-0.05, 0) is 30.2 Å². The first kappa shape index (κ1) is 21.8. The second-order valence-corrected chi connectivity index (χ2v) is 9.38. The van der Waals surface area contributed by atoms with Gasteiger partial charge in [0.15, 0.2) is 6.10 Å². The minimum absolute atomic E-state index is 0.0528. The summed E-state index contributed by atoms with van der Waals surface area (Å²) in [6, 6.07) is 4.53. The van der Waals surface area contributed by atoms with Crippen LogP contribution in [0.25, 0.3) is 22.3 Å². The molecule has 0 bridgehead atoms. The molecule has 11 heteroatoms. The lowest BCUT2D eigenvalue weighted by atomic mass is 9.98. The molecule has 1 aromatic carbocycles. The molecule has 2 unspecified atom stereocenters. The molecule has 2 aliphatic heterocycles. The van der Waals surface area contributed by atoms with E-state index in [1.807, 2.05) is 0 Å². The van der Waals surface area contributed by atoms with Crippen molar-refractivity contribution in [2.24, 2.45) is 0 Å². The number of halogens is 1. The topological polar surface area (TPSA) is 131 Å². The number of pyridine rings is 2. The van der Waals surface area contributed by atoms with Crippen LogP contribution in [-0.4, -0.2) is 42.3 Å². The maximum absolute atomic E-state index is 14.4. The number of carbonyl (C=O) groups is 1. The van der Waals surface area contributed by atoms with Crippen LogP contribution in [0.1, 0.15) is 33.9 Å². The fourth-order valence-corrected chi connectivity index (χ4v) is 4.96. The van der Waals surface area contributed by atoms with Crippen LogP contribution in [0.2, 0.25) is 0 Å². The third kappa shape index (κ3) is 3.48. The molecule has 0 spiro atoms. The zero-order valence-corrected chi connectivity index (χ0v) is 18.4. The fraction of sp³-hybridized carbons (Fsp3) is 0.318. The van der Waals surface area contributed by atoms with Crippen molar-refractivity contribution in [3.63, 3.8) is 0 Å². The molecule has 2 aromatic heterocycles. The fourth-order valence-electron chi connectivity index (χ4n) is 4.35. The molecular weight excluding hydrogens is 453 g/mol. The van der Waals surface area contributed by atoms with Crippen molar-refractivity contribution in [2.45, 2.75) is 32.7 Å². The number of rotatable bonds is 5. The number of aliphatic hydroxyl groups is 2. The van der Waals surface area contributed by atoms with E-state index in [1.165, 1.54) is 10.6 Å². The van der Waals surface area contributed by atoms with Gasteiger partial charge in [-0.1, -0.05) is 0 Å². The second-order valence-electron chi connectivity index (χ2n) is 8.00. The van der Waals surface area contributed by atoms with Gasteiger partial charge in [0.05, 0.1) is 52.4 Å². The van der Waals surface area contributed by atoms with Gasteiger partial charge in [0, 0.05) is 29.1 Å². The number of aromatic nitrogens is 2. The Morgan fingerprint density at radius 2 is 2.09 bits per heavy atom. The van der Waals surface area contributed by atoms with Crippen LogP contribution in [-0.2, 0) is 40.2 Å². The van der Waals surface area contributed by atoms with E-state index in [0.717, 1.165) is 0 Å². The molecular formula is C22H20FN3O6S. The lowest BCUT2D eigenvalue weighted by Crippen LogP contribution is -2.32. The van der Waals surface area contributed by atoms with Gasteiger partial charge in [0.2, 0.25) is 0 Å². The van der Waals surface area contributed by atoms with Crippen molar-refractivity contribution in [1.82, 2.24) is 14.3 Å². The average molecular weight is 473 g/mol. The molecule has 4 heterocycles. The number of aryl methyl sites for hydroxylation is 1. The monoisotopic (exact) mass is 473 g/mol. The number of esters is 1. The average Bonchev–Trinajstić information content (AvgIpc) is 3.14. The van der Waals surface area contributed by atoms with Crippen LogP contribution >= 0.6 is 0 Å². The van der Waals surface area contributed by atoms with Crippen molar-refractivity contribution in [3.05, 3.63) is 62.2 Å². The van der Waals surface area contributed by atoms with E-state index in [9.17, 15) is 23.3 Å². The number of hydrogen-bond acceptors (Lipinski definition) is 7. The Morgan fingerprint density at radius 1 is 1.30 bits per heavy atom. The molecule has 2 atom stereocenters. The number of nitrogens with zero attached hydrogens (tertiary/aromatic N) is 2. The summed E-state index contributed by atoms with van der Waals surface area (Å²) in [4.78, 5) is 29.6. The van der Waals surface area contributed by atoms with Crippen molar-refractivity contribution < 1.29 is 28.3 Å². The van der Waals surface area contributed by atoms with Crippen LogP contribution in [0.4, 0.5) is 4.39 Å². The predicted molar refractivity (Wildman–Crippen MR) is 117 cm³/mol. The molecule has 9 nitrogen and oxygen atoms in total. The first-order valence-electron chi connectivity index (χ1n) is 10.3. The maximum Gasteiger partial charge on any atom is 0.340 e. The highest BCUT2D eigenvalue weighted by Gasteiger charge is 2.34. The summed E-state index contributed by atoms with van der Waals surface area (Å²) in [6.07, 6.45) is -1.57. The quantitative estimate of drug-likeness (QED) is 0.364. The molecule has 0 saturated carbocycles. The number of aliphatic hydroxyl groups excluding tert-OH is 2. The van der Waals surface area contributed by atoms with Crippen molar-refractivity contribution in [1.29, 1.82) is 0 Å². The standard InChI is InChI=1S/C22H20FN3O6S/c1-10-4-11-13(7-24-33(31)3-2-27)14-8-26-18(19(14)25-17(11)6-16(10)23)5-12-15(21(26)29)9-32-22(30)20(12)28/h4-6,20,24,27-28H,2-3,7-9H2,1H3. The Labute approximate surface area is 189 Å². The number of hydrogen-bond donors (Lipinski definition) is 3. The second kappa shape index (κ2) is 8.10. The van der Waals surface area contributed by atoms with Crippen LogP contribution in [0, 0.1) is 12.7 Å². The van der Waals surface area contributed by atoms with E-state index in [0.29, 0.717) is 39.0 Å². The summed E-state index contributed by atoms with van der Waals surface area (Å²) in [5.74, 6) is -1.21. The Kier molecular flexibility index (Phi) is 5.36. The van der Waals surface area contributed by atoms with E-state index in [2.05, 4.69) is 9.71 Å². The molecule has 2 aliphatic rings. The zero-order chi connectivity index (χ0) is 23.4. The molecule has 0 radical (unpaired) electrons. The van der Waals surface area contributed by atoms with Crippen molar-refractivity contribution in [2.75, 3.05) is 12.4 Å². The minimum Gasteiger partial charge on any atom is -0.458 e. The number of benzene rings is 1. The molecule has 0 fully saturated rings. The van der Waals surface area contributed by atoms with Crippen molar-refractivity contribution in [3.8, 4) is 11.4 Å². The third-order valence-corrected chi connectivity index (χ3v) is 7.06. The molecule has 3 aromatic rings. The van der Waals surface area contributed by atoms with E-state index in [4.69, 9.17) is 9.84 Å². The van der Waals surface area contributed by atoms with E-state index in [-0.39, 0.29) is 43.2 Å². The molecule has 3 N–H and O–H groups in total. The number of ether oxygens (including phenoxy) is 1. The molecule has 0 amide bonds. The Morgan fingerprint density at radius 3 is 2.85 bits per heavy atom. The molecule has 0 saturated heterocycles. The van der Waals surface area contributed by atoms with Gasteiger partial charge in [-0.3, -0.25) is 4.79 Å². The van der Waals surface area contributed by atoms with E-state index < -0.39 is 34.4 Å². The summed E-state index contributed by atoms with van der Waals surface area (Å²) in [7, 11) is -1.49. The zero-order valence-electron chi connectivity index (χ0n) is 17.6. The largest absolute Gasteiger partial charge is 0.458 e. The number of carbonyl (C=O) groups excluding carboxylic acids is 1. The van der Waals surface area contributed by atoms with E-state index >= 15 is 0 Å². The Bertz CT molecular complexity index is 1420. The minimum atomic E-state index is -1.57. The molecule has 172 valence electrons. The van der Waals surface area contributed by atoms with Gasteiger partial charge >= 0.3 is 5.97 Å². The lowest BCUT2D eigenvalue weighted by molar-refractivity contribution is -0.157. The van der Waals surface area contributed by atoms with E-state index in [1.54, 1.807) is 19.1 Å². The van der Waals surface area contributed by atoms with Crippen molar-refractivity contribution >= 4 is 27.9 Å².